The van der Waals surface area contributed by atoms with E-state index in [-0.39, 0.29) is 5.91 Å². The van der Waals surface area contributed by atoms with Crippen LogP contribution in [0.2, 0.25) is 0 Å². The molecule has 0 unspecified atom stereocenters. The van der Waals surface area contributed by atoms with Crippen molar-refractivity contribution in [2.24, 2.45) is 5.73 Å². The third kappa shape index (κ3) is 9.47. The molecule has 15 heavy (non-hydrogen) atoms. The molecule has 0 aliphatic rings. The van der Waals surface area contributed by atoms with Crippen molar-refractivity contribution in [1.82, 2.24) is 0 Å². The number of primary amides is 1. The smallest absolute Gasteiger partial charge is 0.244 e. The lowest BCUT2D eigenvalue weighted by Gasteiger charge is -1.99. The van der Waals surface area contributed by atoms with E-state index in [1.54, 1.807) is 6.92 Å². The molecule has 0 spiro atoms. The van der Waals surface area contributed by atoms with E-state index >= 15 is 0 Å². The van der Waals surface area contributed by atoms with Crippen LogP contribution in [-0.2, 0) is 4.79 Å². The van der Waals surface area contributed by atoms with Crippen LogP contribution in [-0.4, -0.2) is 17.6 Å². The molecule has 0 saturated carbocycles. The van der Waals surface area contributed by atoms with Crippen molar-refractivity contribution in [2.75, 3.05) is 6.61 Å². The minimum absolute atomic E-state index is 0.306. The Morgan fingerprint density at radius 3 is 2.20 bits per heavy atom. The molecule has 0 heterocycles. The molecule has 0 rings (SSSR count). The van der Waals surface area contributed by atoms with Crippen molar-refractivity contribution in [2.45, 2.75) is 51.9 Å². The van der Waals surface area contributed by atoms with Gasteiger partial charge in [0.05, 0.1) is 0 Å². The molecule has 88 valence electrons. The highest BCUT2D eigenvalue weighted by atomic mass is 16.2. The largest absolute Gasteiger partial charge is 0.396 e. The number of aliphatic hydroxyl groups is 1. The average molecular weight is 213 g/mol. The van der Waals surface area contributed by atoms with Gasteiger partial charge in [0, 0.05) is 12.2 Å². The zero-order valence-corrected chi connectivity index (χ0v) is 9.67. The van der Waals surface area contributed by atoms with E-state index in [4.69, 9.17) is 10.8 Å². The third-order valence-corrected chi connectivity index (χ3v) is 2.45. The minimum Gasteiger partial charge on any atom is -0.396 e. The van der Waals surface area contributed by atoms with Crippen molar-refractivity contribution in [3.8, 4) is 0 Å². The lowest BCUT2D eigenvalue weighted by atomic mass is 10.1. The van der Waals surface area contributed by atoms with E-state index in [1.807, 2.05) is 6.08 Å². The fraction of sp³-hybridized carbons (Fsp3) is 0.750. The second kappa shape index (κ2) is 9.71. The lowest BCUT2D eigenvalue weighted by molar-refractivity contribution is -0.114. The average Bonchev–Trinajstić information content (AvgIpc) is 2.21. The minimum atomic E-state index is -0.321. The lowest BCUT2D eigenvalue weighted by Crippen LogP contribution is -2.11. The summed E-state index contributed by atoms with van der Waals surface area (Å²) in [5.41, 5.74) is 5.76. The Kier molecular flexibility index (Phi) is 9.18. The van der Waals surface area contributed by atoms with Crippen LogP contribution in [0.25, 0.3) is 0 Å². The Balaban J connectivity index is 3.25. The number of carbonyl (C=O) groups is 1. The summed E-state index contributed by atoms with van der Waals surface area (Å²) in [6.07, 6.45) is 9.60. The molecule has 0 bridgehead atoms. The number of unbranched alkanes of at least 4 members (excludes halogenated alkanes) is 6. The topological polar surface area (TPSA) is 63.3 Å². The standard InChI is InChI=1S/C12H23NO2/c1-11(12(13)15)9-7-5-3-2-4-6-8-10-14/h9,14H,2-8,10H2,1H3,(H2,13,15). The Hall–Kier alpha value is -0.830. The summed E-state index contributed by atoms with van der Waals surface area (Å²) < 4.78 is 0. The first-order valence-electron chi connectivity index (χ1n) is 5.76. The maximum atomic E-state index is 10.7. The second-order valence-electron chi connectivity index (χ2n) is 3.88. The number of aliphatic hydroxyl groups excluding tert-OH is 1. The Labute approximate surface area is 92.4 Å². The first-order valence-corrected chi connectivity index (χ1v) is 5.76. The van der Waals surface area contributed by atoms with Gasteiger partial charge in [0.1, 0.15) is 0 Å². The van der Waals surface area contributed by atoms with E-state index < -0.39 is 0 Å². The van der Waals surface area contributed by atoms with Gasteiger partial charge in [-0.3, -0.25) is 4.79 Å². The molecule has 0 atom stereocenters. The van der Waals surface area contributed by atoms with Crippen LogP contribution in [0.4, 0.5) is 0 Å². The number of allylic oxidation sites excluding steroid dienone is 1. The second-order valence-corrected chi connectivity index (χ2v) is 3.88. The molecule has 3 N–H and O–H groups in total. The molecule has 0 aliphatic carbocycles. The van der Waals surface area contributed by atoms with E-state index in [0.717, 1.165) is 25.7 Å². The fourth-order valence-corrected chi connectivity index (χ4v) is 1.38. The fourth-order valence-electron chi connectivity index (χ4n) is 1.38. The molecule has 0 aromatic carbocycles. The van der Waals surface area contributed by atoms with Gasteiger partial charge < -0.3 is 10.8 Å². The molecule has 0 aliphatic heterocycles. The number of nitrogens with two attached hydrogens (primary N) is 1. The summed E-state index contributed by atoms with van der Waals surface area (Å²) in [5.74, 6) is -0.321. The molecule has 0 fully saturated rings. The van der Waals surface area contributed by atoms with Gasteiger partial charge in [0.15, 0.2) is 0 Å². The van der Waals surface area contributed by atoms with E-state index in [2.05, 4.69) is 0 Å². The van der Waals surface area contributed by atoms with Crippen LogP contribution in [0, 0.1) is 0 Å². The Morgan fingerprint density at radius 2 is 1.67 bits per heavy atom. The number of rotatable bonds is 9. The SMILES string of the molecule is CC(=CCCCCCCCCO)C(N)=O. The number of amides is 1. The van der Waals surface area contributed by atoms with Gasteiger partial charge in [0.25, 0.3) is 0 Å². The predicted molar refractivity (Wildman–Crippen MR) is 62.4 cm³/mol. The van der Waals surface area contributed by atoms with Crippen molar-refractivity contribution < 1.29 is 9.90 Å². The molecule has 3 nitrogen and oxygen atoms in total. The highest BCUT2D eigenvalue weighted by molar-refractivity contribution is 5.91. The molecule has 0 aromatic heterocycles. The first kappa shape index (κ1) is 14.2. The quantitative estimate of drug-likeness (QED) is 0.455. The van der Waals surface area contributed by atoms with Crippen LogP contribution in [0.3, 0.4) is 0 Å². The predicted octanol–water partition coefficient (Wildman–Crippen LogP) is 2.14. The first-order chi connectivity index (χ1) is 7.18. The molecular weight excluding hydrogens is 190 g/mol. The summed E-state index contributed by atoms with van der Waals surface area (Å²) in [5, 5.41) is 8.57. The van der Waals surface area contributed by atoms with Crippen LogP contribution < -0.4 is 5.73 Å². The maximum absolute atomic E-state index is 10.7. The van der Waals surface area contributed by atoms with E-state index in [0.29, 0.717) is 12.2 Å². The van der Waals surface area contributed by atoms with Gasteiger partial charge in [-0.2, -0.15) is 0 Å². The van der Waals surface area contributed by atoms with Crippen LogP contribution in [0.1, 0.15) is 51.9 Å². The highest BCUT2D eigenvalue weighted by Crippen LogP contribution is 2.08. The normalized spacial score (nSPS) is 11.7. The van der Waals surface area contributed by atoms with Crippen LogP contribution in [0.15, 0.2) is 11.6 Å². The zero-order chi connectivity index (χ0) is 11.5. The molecule has 0 saturated heterocycles. The summed E-state index contributed by atoms with van der Waals surface area (Å²) in [6.45, 7) is 2.06. The third-order valence-electron chi connectivity index (χ3n) is 2.45. The Morgan fingerprint density at radius 1 is 1.13 bits per heavy atom. The Bertz CT molecular complexity index is 200. The van der Waals surface area contributed by atoms with Gasteiger partial charge >= 0.3 is 0 Å². The summed E-state index contributed by atoms with van der Waals surface area (Å²) in [4.78, 5) is 10.7. The van der Waals surface area contributed by atoms with Gasteiger partial charge in [0.2, 0.25) is 5.91 Å². The van der Waals surface area contributed by atoms with Crippen LogP contribution in [0.5, 0.6) is 0 Å². The van der Waals surface area contributed by atoms with E-state index in [9.17, 15) is 4.79 Å². The summed E-state index contributed by atoms with van der Waals surface area (Å²) in [7, 11) is 0. The van der Waals surface area contributed by atoms with Crippen molar-refractivity contribution >= 4 is 5.91 Å². The number of carbonyl (C=O) groups excluding carboxylic acids is 1. The van der Waals surface area contributed by atoms with Gasteiger partial charge in [-0.1, -0.05) is 31.8 Å². The van der Waals surface area contributed by atoms with E-state index in [1.165, 1.54) is 19.3 Å². The van der Waals surface area contributed by atoms with Gasteiger partial charge in [-0.25, -0.2) is 0 Å². The van der Waals surface area contributed by atoms with Gasteiger partial charge in [-0.15, -0.1) is 0 Å². The van der Waals surface area contributed by atoms with Crippen molar-refractivity contribution in [1.29, 1.82) is 0 Å². The number of hydrogen-bond donors (Lipinski definition) is 2. The highest BCUT2D eigenvalue weighted by Gasteiger charge is 1.95. The molecular formula is C12H23NO2. The monoisotopic (exact) mass is 213 g/mol. The molecule has 0 radical (unpaired) electrons. The molecule has 0 aromatic rings. The maximum Gasteiger partial charge on any atom is 0.244 e. The molecule has 3 heteroatoms. The van der Waals surface area contributed by atoms with Crippen molar-refractivity contribution in [3.05, 3.63) is 11.6 Å². The summed E-state index contributed by atoms with van der Waals surface area (Å²) in [6, 6.07) is 0. The van der Waals surface area contributed by atoms with Gasteiger partial charge in [-0.05, 0) is 26.2 Å². The molecule has 1 amide bonds. The zero-order valence-electron chi connectivity index (χ0n) is 9.67. The summed E-state index contributed by atoms with van der Waals surface area (Å²) >= 11 is 0. The van der Waals surface area contributed by atoms with Crippen molar-refractivity contribution in [3.63, 3.8) is 0 Å². The number of hydrogen-bond acceptors (Lipinski definition) is 2. The van der Waals surface area contributed by atoms with Crippen LogP contribution >= 0.6 is 0 Å².